The minimum absolute atomic E-state index is 0.0805. The van der Waals surface area contributed by atoms with Crippen molar-refractivity contribution in [1.29, 1.82) is 0 Å². The molecule has 1 amide bonds. The van der Waals surface area contributed by atoms with Gasteiger partial charge in [0, 0.05) is 5.69 Å². The molecule has 0 aliphatic heterocycles. The fourth-order valence-corrected chi connectivity index (χ4v) is 3.32. The highest BCUT2D eigenvalue weighted by Crippen LogP contribution is 2.25. The van der Waals surface area contributed by atoms with Crippen LogP contribution in [0.15, 0.2) is 47.6 Å². The summed E-state index contributed by atoms with van der Waals surface area (Å²) in [6.45, 7) is 7.83. The molecule has 0 fully saturated rings. The van der Waals surface area contributed by atoms with E-state index in [1.54, 1.807) is 4.68 Å². The van der Waals surface area contributed by atoms with Crippen molar-refractivity contribution < 1.29 is 4.79 Å². The summed E-state index contributed by atoms with van der Waals surface area (Å²) in [7, 11) is 0. The Morgan fingerprint density at radius 1 is 1.12 bits per heavy atom. The fraction of sp³-hybridized carbons (Fsp3) is 0.263. The molecule has 7 heteroatoms. The Kier molecular flexibility index (Phi) is 5.37. The highest BCUT2D eigenvalue weighted by atomic mass is 32.2. The Bertz CT molecular complexity index is 937. The first-order valence-electron chi connectivity index (χ1n) is 8.35. The molecular formula is C19H21N5OS. The van der Waals surface area contributed by atoms with Gasteiger partial charge in [-0.15, -0.1) is 5.10 Å². The smallest absolute Gasteiger partial charge is 0.237 e. The van der Waals surface area contributed by atoms with Gasteiger partial charge in [-0.25, -0.2) is 0 Å². The molecule has 134 valence electrons. The molecule has 0 aliphatic rings. The highest BCUT2D eigenvalue weighted by molar-refractivity contribution is 8.00. The van der Waals surface area contributed by atoms with Crippen molar-refractivity contribution in [2.75, 3.05) is 5.32 Å². The van der Waals surface area contributed by atoms with Crippen LogP contribution in [-0.4, -0.2) is 31.4 Å². The number of para-hydroxylation sites is 1. The summed E-state index contributed by atoms with van der Waals surface area (Å²) in [6.07, 6.45) is 0. The van der Waals surface area contributed by atoms with Crippen molar-refractivity contribution in [3.63, 3.8) is 0 Å². The standard InChI is InChI=1S/C19H21N5OS/c1-12-9-10-13(2)16(11-12)20-18(25)15(4)26-19-21-22-23-24(19)17-8-6-5-7-14(17)3/h5-11,15H,1-4H3,(H,20,25)/t15-/m1/s1. The van der Waals surface area contributed by atoms with Crippen LogP contribution in [0.1, 0.15) is 23.6 Å². The van der Waals surface area contributed by atoms with E-state index >= 15 is 0 Å². The number of tetrazole rings is 1. The van der Waals surface area contributed by atoms with Crippen molar-refractivity contribution in [1.82, 2.24) is 20.2 Å². The summed E-state index contributed by atoms with van der Waals surface area (Å²) in [5.74, 6) is -0.0805. The van der Waals surface area contributed by atoms with Crippen molar-refractivity contribution >= 4 is 23.4 Å². The lowest BCUT2D eigenvalue weighted by Gasteiger charge is -2.14. The van der Waals surface area contributed by atoms with Gasteiger partial charge in [0.25, 0.3) is 0 Å². The number of carbonyl (C=O) groups is 1. The molecule has 1 N–H and O–H groups in total. The average Bonchev–Trinajstić information content (AvgIpc) is 3.06. The molecule has 0 bridgehead atoms. The first kappa shape index (κ1) is 18.1. The monoisotopic (exact) mass is 367 g/mol. The molecule has 0 radical (unpaired) electrons. The number of rotatable bonds is 5. The zero-order chi connectivity index (χ0) is 18.7. The van der Waals surface area contributed by atoms with Crippen molar-refractivity contribution in [2.24, 2.45) is 0 Å². The van der Waals surface area contributed by atoms with Gasteiger partial charge in [0.15, 0.2) is 0 Å². The van der Waals surface area contributed by atoms with Crippen molar-refractivity contribution in [3.8, 4) is 5.69 Å². The quantitative estimate of drug-likeness (QED) is 0.696. The van der Waals surface area contributed by atoms with E-state index in [0.29, 0.717) is 5.16 Å². The molecule has 26 heavy (non-hydrogen) atoms. The average molecular weight is 367 g/mol. The van der Waals surface area contributed by atoms with Gasteiger partial charge in [0.1, 0.15) is 0 Å². The topological polar surface area (TPSA) is 72.7 Å². The zero-order valence-electron chi connectivity index (χ0n) is 15.2. The number of nitrogens with one attached hydrogen (secondary N) is 1. The summed E-state index contributed by atoms with van der Waals surface area (Å²) in [4.78, 5) is 12.6. The van der Waals surface area contributed by atoms with E-state index in [1.165, 1.54) is 11.8 Å². The number of anilines is 1. The maximum atomic E-state index is 12.6. The van der Waals surface area contributed by atoms with Gasteiger partial charge < -0.3 is 5.32 Å². The van der Waals surface area contributed by atoms with Gasteiger partial charge in [-0.1, -0.05) is 42.1 Å². The third-order valence-corrected chi connectivity index (χ3v) is 5.12. The second-order valence-corrected chi connectivity index (χ2v) is 7.54. The molecule has 6 nitrogen and oxygen atoms in total. The van der Waals surface area contributed by atoms with Crippen LogP contribution in [0.4, 0.5) is 5.69 Å². The lowest BCUT2D eigenvalue weighted by molar-refractivity contribution is -0.115. The number of aryl methyl sites for hydroxylation is 3. The number of thioether (sulfide) groups is 1. The second kappa shape index (κ2) is 7.70. The molecule has 1 atom stereocenters. The van der Waals surface area contributed by atoms with Gasteiger partial charge in [-0.2, -0.15) is 4.68 Å². The molecule has 1 heterocycles. The largest absolute Gasteiger partial charge is 0.325 e. The number of carbonyl (C=O) groups excluding carboxylic acids is 1. The predicted octanol–water partition coefficient (Wildman–Crippen LogP) is 3.71. The minimum Gasteiger partial charge on any atom is -0.325 e. The van der Waals surface area contributed by atoms with E-state index in [2.05, 4.69) is 20.8 Å². The Morgan fingerprint density at radius 3 is 2.65 bits per heavy atom. The minimum atomic E-state index is -0.344. The first-order valence-corrected chi connectivity index (χ1v) is 9.23. The Balaban J connectivity index is 1.76. The van der Waals surface area contributed by atoms with E-state index in [-0.39, 0.29) is 11.2 Å². The van der Waals surface area contributed by atoms with Crippen LogP contribution in [0.5, 0.6) is 0 Å². The normalized spacial score (nSPS) is 12.0. The molecule has 0 saturated heterocycles. The van der Waals surface area contributed by atoms with E-state index in [0.717, 1.165) is 28.1 Å². The van der Waals surface area contributed by atoms with Crippen LogP contribution in [0, 0.1) is 20.8 Å². The number of aromatic nitrogens is 4. The maximum Gasteiger partial charge on any atom is 0.237 e. The van der Waals surface area contributed by atoms with E-state index in [4.69, 9.17) is 0 Å². The summed E-state index contributed by atoms with van der Waals surface area (Å²) in [6, 6.07) is 13.9. The molecule has 0 saturated carbocycles. The molecule has 3 rings (SSSR count). The summed E-state index contributed by atoms with van der Waals surface area (Å²) < 4.78 is 1.67. The van der Waals surface area contributed by atoms with Crippen molar-refractivity contribution in [3.05, 3.63) is 59.2 Å². The fourth-order valence-electron chi connectivity index (χ4n) is 2.52. The van der Waals surface area contributed by atoms with Crippen LogP contribution in [0.2, 0.25) is 0 Å². The predicted molar refractivity (Wildman–Crippen MR) is 104 cm³/mol. The van der Waals surface area contributed by atoms with Crippen LogP contribution in [-0.2, 0) is 4.79 Å². The van der Waals surface area contributed by atoms with Crippen LogP contribution >= 0.6 is 11.8 Å². The number of benzene rings is 2. The highest BCUT2D eigenvalue weighted by Gasteiger charge is 2.20. The molecule has 0 spiro atoms. The third kappa shape index (κ3) is 3.94. The van der Waals surface area contributed by atoms with Crippen LogP contribution in [0.25, 0.3) is 5.69 Å². The summed E-state index contributed by atoms with van der Waals surface area (Å²) in [5.41, 5.74) is 4.94. The number of amides is 1. The van der Waals surface area contributed by atoms with Crippen LogP contribution in [0.3, 0.4) is 0 Å². The number of hydrogen-bond acceptors (Lipinski definition) is 5. The summed E-state index contributed by atoms with van der Waals surface area (Å²) >= 11 is 1.33. The molecule has 3 aromatic rings. The molecular weight excluding hydrogens is 346 g/mol. The molecule has 0 aliphatic carbocycles. The Labute approximate surface area is 157 Å². The SMILES string of the molecule is Cc1ccc(C)c(NC(=O)[C@@H](C)Sc2nnnn2-c2ccccc2C)c1. The zero-order valence-corrected chi connectivity index (χ0v) is 16.0. The van der Waals surface area contributed by atoms with Gasteiger partial charge in [-0.05, 0) is 66.9 Å². The van der Waals surface area contributed by atoms with Crippen LogP contribution < -0.4 is 5.32 Å². The van der Waals surface area contributed by atoms with Gasteiger partial charge >= 0.3 is 0 Å². The first-order chi connectivity index (χ1) is 12.5. The molecule has 0 unspecified atom stereocenters. The van der Waals surface area contributed by atoms with Gasteiger partial charge in [0.05, 0.1) is 10.9 Å². The Morgan fingerprint density at radius 2 is 1.88 bits per heavy atom. The number of hydrogen-bond donors (Lipinski definition) is 1. The Hall–Kier alpha value is -2.67. The molecule has 2 aromatic carbocycles. The van der Waals surface area contributed by atoms with Gasteiger partial charge in [0.2, 0.25) is 11.1 Å². The van der Waals surface area contributed by atoms with E-state index in [1.807, 2.05) is 70.2 Å². The van der Waals surface area contributed by atoms with E-state index in [9.17, 15) is 4.79 Å². The maximum absolute atomic E-state index is 12.6. The number of nitrogens with zero attached hydrogens (tertiary/aromatic N) is 4. The summed E-state index contributed by atoms with van der Waals surface area (Å²) in [5, 5.41) is 15.2. The van der Waals surface area contributed by atoms with Crippen molar-refractivity contribution in [2.45, 2.75) is 38.1 Å². The third-order valence-electron chi connectivity index (χ3n) is 4.09. The molecule has 1 aromatic heterocycles. The van der Waals surface area contributed by atoms with Gasteiger partial charge in [-0.3, -0.25) is 4.79 Å². The lowest BCUT2D eigenvalue weighted by Crippen LogP contribution is -2.23. The second-order valence-electron chi connectivity index (χ2n) is 6.23. The lowest BCUT2D eigenvalue weighted by atomic mass is 10.1. The van der Waals surface area contributed by atoms with E-state index < -0.39 is 0 Å².